The number of nitrogens with two attached hydrogens (primary N) is 1. The van der Waals surface area contributed by atoms with Gasteiger partial charge in [0.1, 0.15) is 6.54 Å². The Kier molecular flexibility index (Phi) is 5.88. The van der Waals surface area contributed by atoms with Crippen LogP contribution in [0.2, 0.25) is 0 Å². The van der Waals surface area contributed by atoms with E-state index < -0.39 is 5.97 Å². The minimum absolute atomic E-state index is 0.0863. The van der Waals surface area contributed by atoms with Gasteiger partial charge in [-0.3, -0.25) is 9.59 Å². The van der Waals surface area contributed by atoms with E-state index in [4.69, 9.17) is 5.73 Å². The van der Waals surface area contributed by atoms with Gasteiger partial charge >= 0.3 is 5.97 Å². The van der Waals surface area contributed by atoms with Crippen molar-refractivity contribution in [1.29, 1.82) is 0 Å². The molecule has 76 valence electrons. The number of ether oxygens (including phenoxy) is 1. The van der Waals surface area contributed by atoms with Gasteiger partial charge < -0.3 is 15.8 Å². The second kappa shape index (κ2) is 6.42. The summed E-state index contributed by atoms with van der Waals surface area (Å²) in [5.41, 5.74) is 5.26. The van der Waals surface area contributed by atoms with Gasteiger partial charge in [-0.25, -0.2) is 0 Å². The first-order valence-corrected chi connectivity index (χ1v) is 4.25. The highest BCUT2D eigenvalue weighted by molar-refractivity contribution is 5.83. The maximum Gasteiger partial charge on any atom is 0.325 e. The molecule has 0 aliphatic carbocycles. The minimum Gasteiger partial charge on any atom is -0.465 e. The molecule has 1 unspecified atom stereocenters. The van der Waals surface area contributed by atoms with Gasteiger partial charge in [0.05, 0.1) is 6.61 Å². The largest absolute Gasteiger partial charge is 0.465 e. The first kappa shape index (κ1) is 11.9. The minimum atomic E-state index is -0.430. The normalized spacial score (nSPS) is 11.9. The van der Waals surface area contributed by atoms with Gasteiger partial charge in [-0.05, 0) is 6.92 Å². The van der Waals surface area contributed by atoms with Crippen LogP contribution in [-0.2, 0) is 14.3 Å². The van der Waals surface area contributed by atoms with E-state index in [-0.39, 0.29) is 24.9 Å². The summed E-state index contributed by atoms with van der Waals surface area (Å²) in [6, 6.07) is 0. The number of rotatable bonds is 5. The number of carbonyl (C=O) groups excluding carboxylic acids is 2. The zero-order valence-electron chi connectivity index (χ0n) is 8.00. The zero-order valence-corrected chi connectivity index (χ0v) is 8.00. The number of hydrogen-bond donors (Lipinski definition) is 2. The summed E-state index contributed by atoms with van der Waals surface area (Å²) >= 11 is 0. The Bertz CT molecular complexity index is 182. The summed E-state index contributed by atoms with van der Waals surface area (Å²) in [5.74, 6) is -0.926. The molecule has 0 spiro atoms. The van der Waals surface area contributed by atoms with Crippen LogP contribution >= 0.6 is 0 Å². The highest BCUT2D eigenvalue weighted by Crippen LogP contribution is 1.89. The average Bonchev–Trinajstić information content (AvgIpc) is 2.13. The van der Waals surface area contributed by atoms with Gasteiger partial charge in [-0.1, -0.05) is 6.92 Å². The van der Waals surface area contributed by atoms with Crippen LogP contribution in [0.25, 0.3) is 0 Å². The van der Waals surface area contributed by atoms with Crippen molar-refractivity contribution in [3.05, 3.63) is 0 Å². The van der Waals surface area contributed by atoms with Crippen LogP contribution < -0.4 is 11.1 Å². The van der Waals surface area contributed by atoms with Gasteiger partial charge in [0.25, 0.3) is 0 Å². The fraction of sp³-hybridized carbons (Fsp3) is 0.750. The Balaban J connectivity index is 3.63. The topological polar surface area (TPSA) is 81.4 Å². The van der Waals surface area contributed by atoms with Gasteiger partial charge in [-0.15, -0.1) is 0 Å². The van der Waals surface area contributed by atoms with Gasteiger partial charge in [0, 0.05) is 12.5 Å². The van der Waals surface area contributed by atoms with Gasteiger partial charge in [0.15, 0.2) is 0 Å². The third kappa shape index (κ3) is 5.19. The number of carbonyl (C=O) groups is 2. The monoisotopic (exact) mass is 188 g/mol. The third-order valence-corrected chi connectivity index (χ3v) is 1.51. The standard InChI is InChI=1S/C8H16N2O3/c1-3-13-7(11)5-10-8(12)6(2)4-9/h6H,3-5,9H2,1-2H3,(H,10,12). The molecule has 0 rings (SSSR count). The molecule has 0 aromatic carbocycles. The molecule has 0 saturated carbocycles. The predicted octanol–water partition coefficient (Wildman–Crippen LogP) is -0.739. The molecule has 0 fully saturated rings. The van der Waals surface area contributed by atoms with E-state index in [1.165, 1.54) is 0 Å². The predicted molar refractivity (Wildman–Crippen MR) is 47.9 cm³/mol. The Morgan fingerprint density at radius 2 is 2.15 bits per heavy atom. The van der Waals surface area contributed by atoms with Crippen LogP contribution in [0.5, 0.6) is 0 Å². The maximum atomic E-state index is 11.1. The number of esters is 1. The molecular weight excluding hydrogens is 172 g/mol. The van der Waals surface area contributed by atoms with Gasteiger partial charge in [-0.2, -0.15) is 0 Å². The third-order valence-electron chi connectivity index (χ3n) is 1.51. The first-order valence-electron chi connectivity index (χ1n) is 4.25. The SMILES string of the molecule is CCOC(=O)CNC(=O)C(C)CN. The Morgan fingerprint density at radius 1 is 1.54 bits per heavy atom. The molecule has 0 bridgehead atoms. The lowest BCUT2D eigenvalue weighted by molar-refractivity contribution is -0.143. The maximum absolute atomic E-state index is 11.1. The van der Waals surface area contributed by atoms with Crippen molar-refractivity contribution in [2.24, 2.45) is 11.7 Å². The van der Waals surface area contributed by atoms with E-state index in [1.54, 1.807) is 13.8 Å². The van der Waals surface area contributed by atoms with Crippen LogP contribution in [0, 0.1) is 5.92 Å². The molecule has 0 heterocycles. The van der Waals surface area contributed by atoms with E-state index >= 15 is 0 Å². The van der Waals surface area contributed by atoms with E-state index in [9.17, 15) is 9.59 Å². The van der Waals surface area contributed by atoms with Crippen molar-refractivity contribution in [3.8, 4) is 0 Å². The summed E-state index contributed by atoms with van der Waals surface area (Å²) < 4.78 is 4.62. The lowest BCUT2D eigenvalue weighted by atomic mass is 10.2. The molecule has 5 heteroatoms. The second-order valence-electron chi connectivity index (χ2n) is 2.66. The lowest BCUT2D eigenvalue weighted by Gasteiger charge is -2.08. The van der Waals surface area contributed by atoms with Crippen molar-refractivity contribution in [2.45, 2.75) is 13.8 Å². The Morgan fingerprint density at radius 3 is 2.62 bits per heavy atom. The van der Waals surface area contributed by atoms with Crippen LogP contribution in [-0.4, -0.2) is 31.6 Å². The molecule has 0 aromatic heterocycles. The Hall–Kier alpha value is -1.10. The molecular formula is C8H16N2O3. The molecule has 1 amide bonds. The molecule has 0 saturated heterocycles. The molecule has 0 aliphatic rings. The summed E-state index contributed by atoms with van der Waals surface area (Å²) in [5, 5.41) is 2.42. The summed E-state index contributed by atoms with van der Waals surface area (Å²) in [7, 11) is 0. The Labute approximate surface area is 77.6 Å². The van der Waals surface area contributed by atoms with Crippen molar-refractivity contribution in [3.63, 3.8) is 0 Å². The molecule has 5 nitrogen and oxygen atoms in total. The van der Waals surface area contributed by atoms with E-state index in [1.807, 2.05) is 0 Å². The molecule has 13 heavy (non-hydrogen) atoms. The van der Waals surface area contributed by atoms with Crippen LogP contribution in [0.3, 0.4) is 0 Å². The summed E-state index contributed by atoms with van der Waals surface area (Å²) in [4.78, 5) is 21.9. The van der Waals surface area contributed by atoms with E-state index in [2.05, 4.69) is 10.1 Å². The van der Waals surface area contributed by atoms with Crippen molar-refractivity contribution < 1.29 is 14.3 Å². The van der Waals surface area contributed by atoms with Crippen molar-refractivity contribution >= 4 is 11.9 Å². The highest BCUT2D eigenvalue weighted by atomic mass is 16.5. The van der Waals surface area contributed by atoms with Crippen LogP contribution in [0.1, 0.15) is 13.8 Å². The average molecular weight is 188 g/mol. The fourth-order valence-corrected chi connectivity index (χ4v) is 0.653. The highest BCUT2D eigenvalue weighted by Gasteiger charge is 2.11. The molecule has 0 aliphatic heterocycles. The van der Waals surface area contributed by atoms with Crippen molar-refractivity contribution in [2.75, 3.05) is 19.7 Å². The lowest BCUT2D eigenvalue weighted by Crippen LogP contribution is -2.37. The number of hydrogen-bond acceptors (Lipinski definition) is 4. The summed E-state index contributed by atoms with van der Waals surface area (Å²) in [6.45, 7) is 3.91. The van der Waals surface area contributed by atoms with Crippen molar-refractivity contribution in [1.82, 2.24) is 5.32 Å². The number of nitrogens with one attached hydrogen (secondary N) is 1. The summed E-state index contributed by atoms with van der Waals surface area (Å²) in [6.07, 6.45) is 0. The fourth-order valence-electron chi connectivity index (χ4n) is 0.653. The zero-order chi connectivity index (χ0) is 10.3. The van der Waals surface area contributed by atoms with E-state index in [0.29, 0.717) is 6.61 Å². The number of amides is 1. The molecule has 3 N–H and O–H groups in total. The van der Waals surface area contributed by atoms with Crippen LogP contribution in [0.4, 0.5) is 0 Å². The second-order valence-corrected chi connectivity index (χ2v) is 2.66. The molecule has 0 radical (unpaired) electrons. The van der Waals surface area contributed by atoms with E-state index in [0.717, 1.165) is 0 Å². The molecule has 0 aromatic rings. The molecule has 1 atom stereocenters. The quantitative estimate of drug-likeness (QED) is 0.557. The first-order chi connectivity index (χ1) is 6.11. The smallest absolute Gasteiger partial charge is 0.325 e. The van der Waals surface area contributed by atoms with Gasteiger partial charge in [0.2, 0.25) is 5.91 Å². The van der Waals surface area contributed by atoms with Crippen LogP contribution in [0.15, 0.2) is 0 Å².